The zero-order valence-corrected chi connectivity index (χ0v) is 5.68. The van der Waals surface area contributed by atoms with Gasteiger partial charge in [0.25, 0.3) is 0 Å². The van der Waals surface area contributed by atoms with E-state index in [0.29, 0.717) is 4.28 Å². The molecule has 0 aliphatic carbocycles. The fraction of sp³-hybridized carbons (Fsp3) is 1.00. The van der Waals surface area contributed by atoms with Crippen LogP contribution in [0, 0.1) is 0 Å². The van der Waals surface area contributed by atoms with E-state index in [2.05, 4.69) is 21.2 Å². The van der Waals surface area contributed by atoms with Gasteiger partial charge in [-0.25, -0.2) is 0 Å². The number of hydrogen-bond donors (Lipinski definition) is 1. The van der Waals surface area contributed by atoms with Crippen LogP contribution in [0.15, 0.2) is 0 Å². The summed E-state index contributed by atoms with van der Waals surface area (Å²) in [6.07, 6.45) is 0. The van der Waals surface area contributed by atoms with Gasteiger partial charge in [0.1, 0.15) is 4.28 Å². The lowest BCUT2D eigenvalue weighted by atomic mass is 10.8. The lowest BCUT2D eigenvalue weighted by molar-refractivity contribution is 0.861. The second-order valence-corrected chi connectivity index (χ2v) is 3.88. The molecule has 1 aliphatic rings. The molecule has 0 aromatic rings. The third-order valence-corrected chi connectivity index (χ3v) is 2.69. The minimum absolute atomic E-state index is 0.525. The maximum atomic E-state index is 3.39. The van der Waals surface area contributed by atoms with Gasteiger partial charge >= 0.3 is 0 Å². The van der Waals surface area contributed by atoms with E-state index in [9.17, 15) is 0 Å². The van der Waals surface area contributed by atoms with Crippen molar-refractivity contribution in [2.75, 3.05) is 12.3 Å². The zero-order chi connectivity index (χ0) is 4.41. The van der Waals surface area contributed by atoms with Gasteiger partial charge in [-0.15, -0.1) is 11.8 Å². The highest BCUT2D eigenvalue weighted by Crippen LogP contribution is 2.17. The number of alkyl halides is 1. The van der Waals surface area contributed by atoms with Gasteiger partial charge in [-0.05, 0) is 0 Å². The predicted molar refractivity (Wildman–Crippen MR) is 33.2 cm³/mol. The third-order valence-electron chi connectivity index (χ3n) is 0.671. The van der Waals surface area contributed by atoms with Crippen LogP contribution in [0.3, 0.4) is 0 Å². The van der Waals surface area contributed by atoms with Crippen molar-refractivity contribution in [3.05, 3.63) is 0 Å². The second kappa shape index (κ2) is 2.19. The number of hydrogen-bond acceptors (Lipinski definition) is 2. The van der Waals surface area contributed by atoms with Crippen molar-refractivity contribution in [2.45, 2.75) is 4.28 Å². The highest BCUT2D eigenvalue weighted by atomic mass is 79.9. The number of halogens is 1. The molecule has 1 heterocycles. The van der Waals surface area contributed by atoms with Crippen molar-refractivity contribution in [3.63, 3.8) is 0 Å². The normalized spacial score (nSPS) is 34.5. The van der Waals surface area contributed by atoms with E-state index < -0.39 is 0 Å². The van der Waals surface area contributed by atoms with Gasteiger partial charge in [-0.1, -0.05) is 15.9 Å². The molecule has 6 heavy (non-hydrogen) atoms. The Kier molecular flexibility index (Phi) is 1.80. The largest absolute Gasteiger partial charge is 0.296 e. The summed E-state index contributed by atoms with van der Waals surface area (Å²) in [6, 6.07) is 0. The van der Waals surface area contributed by atoms with E-state index in [1.54, 1.807) is 0 Å². The van der Waals surface area contributed by atoms with Gasteiger partial charge in [0, 0.05) is 12.3 Å². The molecule has 1 atom stereocenters. The van der Waals surface area contributed by atoms with Crippen molar-refractivity contribution in [1.29, 1.82) is 0 Å². The van der Waals surface area contributed by atoms with Crippen LogP contribution in [0.5, 0.6) is 0 Å². The summed E-state index contributed by atoms with van der Waals surface area (Å²) < 4.78 is 0.525. The molecule has 1 aliphatic heterocycles. The molecule has 0 aromatic heterocycles. The standard InChI is InChI=1S/C3H6BrNS/c4-3-5-1-2-6-3/h3,5H,1-2H2. The Morgan fingerprint density at radius 1 is 1.83 bits per heavy atom. The predicted octanol–water partition coefficient (Wildman–Crippen LogP) is 1.00. The summed E-state index contributed by atoms with van der Waals surface area (Å²) in [4.78, 5) is 0. The first-order valence-corrected chi connectivity index (χ1v) is 3.85. The molecule has 1 rings (SSSR count). The van der Waals surface area contributed by atoms with E-state index in [-0.39, 0.29) is 0 Å². The first kappa shape index (κ1) is 4.94. The van der Waals surface area contributed by atoms with E-state index in [4.69, 9.17) is 0 Å². The molecule has 0 radical (unpaired) electrons. The molecular weight excluding hydrogens is 162 g/mol. The van der Waals surface area contributed by atoms with E-state index in [1.165, 1.54) is 5.75 Å². The number of thioether (sulfide) groups is 1. The Morgan fingerprint density at radius 2 is 2.67 bits per heavy atom. The summed E-state index contributed by atoms with van der Waals surface area (Å²) in [5, 5.41) is 3.20. The van der Waals surface area contributed by atoms with Gasteiger partial charge in [0.15, 0.2) is 0 Å². The van der Waals surface area contributed by atoms with Crippen LogP contribution < -0.4 is 5.32 Å². The van der Waals surface area contributed by atoms with Crippen LogP contribution in [0.1, 0.15) is 0 Å². The summed E-state index contributed by atoms with van der Waals surface area (Å²) in [7, 11) is 0. The smallest absolute Gasteiger partial charge is 0.110 e. The maximum absolute atomic E-state index is 3.39. The average molecular weight is 168 g/mol. The molecule has 36 valence electrons. The lowest BCUT2D eigenvalue weighted by Crippen LogP contribution is -2.11. The van der Waals surface area contributed by atoms with E-state index in [0.717, 1.165) is 6.54 Å². The van der Waals surface area contributed by atoms with Crippen LogP contribution in [-0.2, 0) is 0 Å². The zero-order valence-electron chi connectivity index (χ0n) is 3.28. The van der Waals surface area contributed by atoms with Crippen molar-refractivity contribution in [3.8, 4) is 0 Å². The molecule has 1 nitrogen and oxygen atoms in total. The van der Waals surface area contributed by atoms with Crippen LogP contribution in [0.4, 0.5) is 0 Å². The van der Waals surface area contributed by atoms with Crippen LogP contribution >= 0.6 is 27.7 Å². The minimum Gasteiger partial charge on any atom is -0.296 e. The Hall–Kier alpha value is 0.790. The van der Waals surface area contributed by atoms with Crippen molar-refractivity contribution < 1.29 is 0 Å². The van der Waals surface area contributed by atoms with Gasteiger partial charge < -0.3 is 0 Å². The maximum Gasteiger partial charge on any atom is 0.110 e. The molecule has 0 spiro atoms. The molecule has 1 fully saturated rings. The molecule has 3 heteroatoms. The highest BCUT2D eigenvalue weighted by molar-refractivity contribution is 9.11. The highest BCUT2D eigenvalue weighted by Gasteiger charge is 2.07. The number of rotatable bonds is 0. The second-order valence-electron chi connectivity index (χ2n) is 1.14. The molecule has 0 bridgehead atoms. The minimum atomic E-state index is 0.525. The first-order chi connectivity index (χ1) is 2.89. The fourth-order valence-electron chi connectivity index (χ4n) is 0.394. The van der Waals surface area contributed by atoms with Gasteiger partial charge in [0.05, 0.1) is 0 Å². The lowest BCUT2D eigenvalue weighted by Gasteiger charge is -1.91. The van der Waals surface area contributed by atoms with E-state index in [1.807, 2.05) is 11.8 Å². The SMILES string of the molecule is BrC1NCCS1. The first-order valence-electron chi connectivity index (χ1n) is 1.88. The summed E-state index contributed by atoms with van der Waals surface area (Å²) in [6.45, 7) is 1.15. The summed E-state index contributed by atoms with van der Waals surface area (Å²) >= 11 is 5.29. The van der Waals surface area contributed by atoms with E-state index >= 15 is 0 Å². The molecular formula is C3H6BrNS. The average Bonchev–Trinajstić information content (AvgIpc) is 1.86. The molecule has 1 unspecified atom stereocenters. The molecule has 1 saturated heterocycles. The van der Waals surface area contributed by atoms with Crippen molar-refractivity contribution in [2.24, 2.45) is 0 Å². The van der Waals surface area contributed by atoms with Crippen LogP contribution in [0.2, 0.25) is 0 Å². The monoisotopic (exact) mass is 167 g/mol. The van der Waals surface area contributed by atoms with Crippen molar-refractivity contribution in [1.82, 2.24) is 5.32 Å². The third kappa shape index (κ3) is 1.13. The topological polar surface area (TPSA) is 12.0 Å². The number of nitrogens with one attached hydrogen (secondary N) is 1. The molecule has 0 amide bonds. The Balaban J connectivity index is 2.18. The molecule has 0 aromatic carbocycles. The van der Waals surface area contributed by atoms with Crippen LogP contribution in [-0.4, -0.2) is 16.6 Å². The Bertz CT molecular complexity index is 44.1. The Labute approximate surface area is 50.0 Å². The van der Waals surface area contributed by atoms with Crippen molar-refractivity contribution >= 4 is 27.7 Å². The van der Waals surface area contributed by atoms with Crippen LogP contribution in [0.25, 0.3) is 0 Å². The molecule has 1 N–H and O–H groups in total. The fourth-order valence-corrected chi connectivity index (χ4v) is 1.86. The summed E-state index contributed by atoms with van der Waals surface area (Å²) in [5.74, 6) is 1.25. The summed E-state index contributed by atoms with van der Waals surface area (Å²) in [5.41, 5.74) is 0. The molecule has 0 saturated carbocycles. The van der Waals surface area contributed by atoms with Gasteiger partial charge in [-0.2, -0.15) is 0 Å². The van der Waals surface area contributed by atoms with Gasteiger partial charge in [0.2, 0.25) is 0 Å². The van der Waals surface area contributed by atoms with Gasteiger partial charge in [-0.3, -0.25) is 5.32 Å². The quantitative estimate of drug-likeness (QED) is 0.427. The Morgan fingerprint density at radius 3 is 2.83 bits per heavy atom.